The molecule has 1 aromatic heterocycles. The SMILES string of the molecule is CCc1cc(Br)c(=O)[nH]c1C=NC. The Hall–Kier alpha value is -0.900. The number of H-pyrrole nitrogens is 1. The van der Waals surface area contributed by atoms with E-state index in [1.807, 2.05) is 13.0 Å². The zero-order valence-corrected chi connectivity index (χ0v) is 9.18. The summed E-state index contributed by atoms with van der Waals surface area (Å²) in [5.74, 6) is 0. The third kappa shape index (κ3) is 2.28. The molecular weight excluding hydrogens is 232 g/mol. The molecule has 13 heavy (non-hydrogen) atoms. The summed E-state index contributed by atoms with van der Waals surface area (Å²) in [5, 5.41) is 0. The van der Waals surface area contributed by atoms with Gasteiger partial charge in [-0.25, -0.2) is 0 Å². The van der Waals surface area contributed by atoms with Gasteiger partial charge in [-0.05, 0) is 34.0 Å². The number of aliphatic imine (C=N–C) groups is 1. The molecule has 0 saturated heterocycles. The van der Waals surface area contributed by atoms with Crippen LogP contribution in [0.3, 0.4) is 0 Å². The highest BCUT2D eigenvalue weighted by atomic mass is 79.9. The van der Waals surface area contributed by atoms with Crippen molar-refractivity contribution in [3.05, 3.63) is 32.2 Å². The lowest BCUT2D eigenvalue weighted by atomic mass is 10.1. The molecule has 1 N–H and O–H groups in total. The number of nitrogens with zero attached hydrogens (tertiary/aromatic N) is 1. The Balaban J connectivity index is 3.33. The van der Waals surface area contributed by atoms with Crippen molar-refractivity contribution in [3.8, 4) is 0 Å². The quantitative estimate of drug-likeness (QED) is 0.790. The number of hydrogen-bond donors (Lipinski definition) is 1. The summed E-state index contributed by atoms with van der Waals surface area (Å²) in [6.07, 6.45) is 2.53. The summed E-state index contributed by atoms with van der Waals surface area (Å²) >= 11 is 3.18. The summed E-state index contributed by atoms with van der Waals surface area (Å²) in [6, 6.07) is 1.83. The topological polar surface area (TPSA) is 45.2 Å². The number of halogens is 1. The smallest absolute Gasteiger partial charge is 0.262 e. The monoisotopic (exact) mass is 242 g/mol. The standard InChI is InChI=1S/C9H11BrN2O/c1-3-6-4-7(10)9(13)12-8(6)5-11-2/h4-5H,3H2,1-2H3,(H,12,13). The molecule has 0 unspecified atom stereocenters. The van der Waals surface area contributed by atoms with Gasteiger partial charge in [0.25, 0.3) is 5.56 Å². The molecule has 1 rings (SSSR count). The number of nitrogens with one attached hydrogen (secondary N) is 1. The Bertz CT molecular complexity index is 382. The maximum atomic E-state index is 11.2. The summed E-state index contributed by atoms with van der Waals surface area (Å²) in [6.45, 7) is 2.03. The lowest BCUT2D eigenvalue weighted by molar-refractivity contribution is 1.06. The lowest BCUT2D eigenvalue weighted by Gasteiger charge is -2.02. The van der Waals surface area contributed by atoms with Crippen LogP contribution in [0, 0.1) is 0 Å². The van der Waals surface area contributed by atoms with Gasteiger partial charge in [-0.15, -0.1) is 0 Å². The van der Waals surface area contributed by atoms with Gasteiger partial charge in [0.15, 0.2) is 0 Å². The lowest BCUT2D eigenvalue weighted by Crippen LogP contribution is -2.11. The molecule has 4 heteroatoms. The van der Waals surface area contributed by atoms with E-state index in [2.05, 4.69) is 25.9 Å². The van der Waals surface area contributed by atoms with Crippen molar-refractivity contribution >= 4 is 22.1 Å². The predicted molar refractivity (Wildman–Crippen MR) is 57.7 cm³/mol. The van der Waals surface area contributed by atoms with Crippen LogP contribution in [0.25, 0.3) is 0 Å². The number of pyridine rings is 1. The summed E-state index contributed by atoms with van der Waals surface area (Å²) < 4.78 is 0.567. The summed E-state index contributed by atoms with van der Waals surface area (Å²) in [4.78, 5) is 17.8. The fourth-order valence-electron chi connectivity index (χ4n) is 1.10. The molecule has 0 fully saturated rings. The van der Waals surface area contributed by atoms with Gasteiger partial charge in [0.2, 0.25) is 0 Å². The van der Waals surface area contributed by atoms with Gasteiger partial charge in [-0.3, -0.25) is 9.79 Å². The Kier molecular flexibility index (Phi) is 3.42. The molecule has 0 spiro atoms. The fraction of sp³-hybridized carbons (Fsp3) is 0.333. The van der Waals surface area contributed by atoms with Crippen molar-refractivity contribution < 1.29 is 0 Å². The van der Waals surface area contributed by atoms with Gasteiger partial charge in [0.05, 0.1) is 10.2 Å². The highest BCUT2D eigenvalue weighted by molar-refractivity contribution is 9.10. The minimum Gasteiger partial charge on any atom is -0.320 e. The van der Waals surface area contributed by atoms with Crippen LogP contribution < -0.4 is 5.56 Å². The molecule has 0 aliphatic heterocycles. The van der Waals surface area contributed by atoms with Gasteiger partial charge in [0.1, 0.15) is 0 Å². The molecule has 0 aliphatic carbocycles. The number of rotatable bonds is 2. The van der Waals surface area contributed by atoms with Crippen molar-refractivity contribution in [1.29, 1.82) is 0 Å². The minimum atomic E-state index is -0.118. The Morgan fingerprint density at radius 3 is 2.92 bits per heavy atom. The van der Waals surface area contributed by atoms with Crippen LogP contribution >= 0.6 is 15.9 Å². The van der Waals surface area contributed by atoms with Crippen molar-refractivity contribution in [3.63, 3.8) is 0 Å². The summed E-state index contributed by atoms with van der Waals surface area (Å²) in [5.41, 5.74) is 1.75. The van der Waals surface area contributed by atoms with E-state index in [1.54, 1.807) is 13.3 Å². The van der Waals surface area contributed by atoms with Crippen LogP contribution in [0.15, 0.2) is 20.3 Å². The first-order valence-corrected chi connectivity index (χ1v) is 4.82. The highest BCUT2D eigenvalue weighted by Crippen LogP contribution is 2.09. The van der Waals surface area contributed by atoms with E-state index in [1.165, 1.54) is 0 Å². The maximum absolute atomic E-state index is 11.2. The van der Waals surface area contributed by atoms with E-state index in [4.69, 9.17) is 0 Å². The first kappa shape index (κ1) is 10.2. The average Bonchev–Trinajstić information content (AvgIpc) is 2.11. The molecule has 70 valence electrons. The molecule has 1 heterocycles. The fourth-order valence-corrected chi connectivity index (χ4v) is 1.47. The second kappa shape index (κ2) is 4.37. The number of aromatic nitrogens is 1. The molecule has 0 atom stereocenters. The van der Waals surface area contributed by atoms with Crippen molar-refractivity contribution in [2.45, 2.75) is 13.3 Å². The first-order chi connectivity index (χ1) is 6.19. The van der Waals surface area contributed by atoms with Crippen LogP contribution in [0.4, 0.5) is 0 Å². The third-order valence-electron chi connectivity index (χ3n) is 1.75. The summed E-state index contributed by atoms with van der Waals surface area (Å²) in [7, 11) is 1.68. The van der Waals surface area contributed by atoms with Gasteiger partial charge < -0.3 is 4.98 Å². The third-order valence-corrected chi connectivity index (χ3v) is 2.34. The van der Waals surface area contributed by atoms with Crippen LogP contribution in [0.5, 0.6) is 0 Å². The van der Waals surface area contributed by atoms with Gasteiger partial charge in [-0.1, -0.05) is 6.92 Å². The average molecular weight is 243 g/mol. The van der Waals surface area contributed by atoms with Crippen LogP contribution in [0.1, 0.15) is 18.2 Å². The van der Waals surface area contributed by atoms with E-state index < -0.39 is 0 Å². The number of aryl methyl sites for hydroxylation is 1. The predicted octanol–water partition coefficient (Wildman–Crippen LogP) is 1.75. The molecule has 1 aromatic rings. The zero-order valence-electron chi connectivity index (χ0n) is 7.60. The Labute approximate surface area is 85.0 Å². The molecule has 0 aromatic carbocycles. The zero-order chi connectivity index (χ0) is 9.84. The molecule has 0 aliphatic rings. The molecule has 0 radical (unpaired) electrons. The van der Waals surface area contributed by atoms with E-state index >= 15 is 0 Å². The van der Waals surface area contributed by atoms with Crippen LogP contribution in [0.2, 0.25) is 0 Å². The minimum absolute atomic E-state index is 0.118. The van der Waals surface area contributed by atoms with E-state index in [-0.39, 0.29) is 5.56 Å². The number of aromatic amines is 1. The van der Waals surface area contributed by atoms with Crippen molar-refractivity contribution in [2.75, 3.05) is 7.05 Å². The van der Waals surface area contributed by atoms with Crippen molar-refractivity contribution in [2.24, 2.45) is 4.99 Å². The molecule has 0 saturated carbocycles. The highest BCUT2D eigenvalue weighted by Gasteiger charge is 2.02. The van der Waals surface area contributed by atoms with Gasteiger partial charge in [0, 0.05) is 13.3 Å². The van der Waals surface area contributed by atoms with Crippen molar-refractivity contribution in [1.82, 2.24) is 4.98 Å². The van der Waals surface area contributed by atoms with Crippen LogP contribution in [-0.4, -0.2) is 18.2 Å². The van der Waals surface area contributed by atoms with E-state index in [0.717, 1.165) is 17.7 Å². The second-order valence-corrected chi connectivity index (χ2v) is 3.48. The Morgan fingerprint density at radius 1 is 1.69 bits per heavy atom. The Morgan fingerprint density at radius 2 is 2.38 bits per heavy atom. The van der Waals surface area contributed by atoms with Crippen LogP contribution in [-0.2, 0) is 6.42 Å². The first-order valence-electron chi connectivity index (χ1n) is 4.03. The second-order valence-electron chi connectivity index (χ2n) is 2.63. The van der Waals surface area contributed by atoms with E-state index in [9.17, 15) is 4.79 Å². The molecule has 0 amide bonds. The van der Waals surface area contributed by atoms with Gasteiger partial charge >= 0.3 is 0 Å². The molecule has 3 nitrogen and oxygen atoms in total. The van der Waals surface area contributed by atoms with E-state index in [0.29, 0.717) is 4.47 Å². The molecule has 0 bridgehead atoms. The molecular formula is C9H11BrN2O. The van der Waals surface area contributed by atoms with Gasteiger partial charge in [-0.2, -0.15) is 0 Å². The largest absolute Gasteiger partial charge is 0.320 e. The maximum Gasteiger partial charge on any atom is 0.262 e. The number of hydrogen-bond acceptors (Lipinski definition) is 2. The normalized spacial score (nSPS) is 11.0.